The molecule has 0 spiro atoms. The summed E-state index contributed by atoms with van der Waals surface area (Å²) >= 11 is 0. The van der Waals surface area contributed by atoms with Gasteiger partial charge in [0.15, 0.2) is 0 Å². The van der Waals surface area contributed by atoms with E-state index in [1.165, 1.54) is 0 Å². The zero-order valence-electron chi connectivity index (χ0n) is 16.6. The molecule has 0 saturated carbocycles. The lowest BCUT2D eigenvalue weighted by Gasteiger charge is -2.34. The number of esters is 1. The third-order valence-corrected chi connectivity index (χ3v) is 5.77. The molecular formula is C24H28O4. The molecule has 0 amide bonds. The second kappa shape index (κ2) is 8.59. The van der Waals surface area contributed by atoms with Crippen LogP contribution < -0.4 is 0 Å². The fourth-order valence-electron chi connectivity index (χ4n) is 4.55. The zero-order chi connectivity index (χ0) is 20.1. The number of fused-ring (bicyclic) bond motifs is 3. The Hall–Kier alpha value is -2.62. The molecule has 28 heavy (non-hydrogen) atoms. The van der Waals surface area contributed by atoms with E-state index in [4.69, 9.17) is 4.74 Å². The summed E-state index contributed by atoms with van der Waals surface area (Å²) in [6.45, 7) is 4.13. The van der Waals surface area contributed by atoms with E-state index < -0.39 is 23.3 Å². The Bertz CT molecular complexity index is 810. The number of unbranched alkanes of at least 4 members (excludes halogenated alkanes) is 3. The van der Waals surface area contributed by atoms with Crippen molar-refractivity contribution in [2.75, 3.05) is 6.61 Å². The van der Waals surface area contributed by atoms with E-state index in [-0.39, 0.29) is 6.61 Å². The number of carbonyl (C=O) groups is 2. The van der Waals surface area contributed by atoms with Gasteiger partial charge in [-0.1, -0.05) is 81.1 Å². The summed E-state index contributed by atoms with van der Waals surface area (Å²) in [4.78, 5) is 25.9. The number of hydrogen-bond acceptors (Lipinski definition) is 3. The van der Waals surface area contributed by atoms with Crippen molar-refractivity contribution in [3.05, 3.63) is 59.7 Å². The number of aliphatic carboxylic acids is 1. The molecule has 2 aromatic carbocycles. The summed E-state index contributed by atoms with van der Waals surface area (Å²) in [5.74, 6) is -2.17. The van der Waals surface area contributed by atoms with Crippen LogP contribution in [0.1, 0.15) is 57.1 Å². The molecule has 1 aliphatic carbocycles. The summed E-state index contributed by atoms with van der Waals surface area (Å²) < 4.78 is 5.38. The SMILES string of the molecule is CCCCCCC(C(=O)OCC)C1(C(=O)O)c2ccccc2-c2ccccc21. The Labute approximate surface area is 166 Å². The van der Waals surface area contributed by atoms with Gasteiger partial charge in [0.2, 0.25) is 0 Å². The predicted octanol–water partition coefficient (Wildman–Crippen LogP) is 5.19. The van der Waals surface area contributed by atoms with E-state index in [0.29, 0.717) is 17.5 Å². The molecule has 2 aromatic rings. The lowest BCUT2D eigenvalue weighted by Crippen LogP contribution is -2.47. The predicted molar refractivity (Wildman–Crippen MR) is 109 cm³/mol. The van der Waals surface area contributed by atoms with Crippen molar-refractivity contribution >= 4 is 11.9 Å². The molecule has 0 fully saturated rings. The number of rotatable bonds is 9. The standard InChI is InChI=1S/C24H28O4/c1-3-5-6-7-16-21(22(25)28-4-2)24(23(26)27)19-14-10-8-12-17(19)18-13-9-11-15-20(18)24/h8-15,21H,3-7,16H2,1-2H3,(H,26,27). The Balaban J connectivity index is 2.18. The minimum atomic E-state index is -1.41. The second-order valence-electron chi connectivity index (χ2n) is 7.36. The Morgan fingerprint density at radius 3 is 2.00 bits per heavy atom. The zero-order valence-corrected chi connectivity index (χ0v) is 16.6. The Morgan fingerprint density at radius 1 is 0.929 bits per heavy atom. The summed E-state index contributed by atoms with van der Waals surface area (Å²) in [5, 5.41) is 10.5. The van der Waals surface area contributed by atoms with Crippen molar-refractivity contribution in [1.82, 2.24) is 0 Å². The van der Waals surface area contributed by atoms with E-state index >= 15 is 0 Å². The molecule has 148 valence electrons. The van der Waals surface area contributed by atoms with Gasteiger partial charge in [0.25, 0.3) is 0 Å². The normalized spacial score (nSPS) is 14.8. The minimum absolute atomic E-state index is 0.239. The van der Waals surface area contributed by atoms with Gasteiger partial charge in [-0.25, -0.2) is 0 Å². The molecular weight excluding hydrogens is 352 g/mol. The Kier molecular flexibility index (Phi) is 6.18. The maximum absolute atomic E-state index is 13.0. The van der Waals surface area contributed by atoms with Gasteiger partial charge < -0.3 is 9.84 Å². The van der Waals surface area contributed by atoms with Gasteiger partial charge in [0.1, 0.15) is 5.41 Å². The van der Waals surface area contributed by atoms with E-state index in [2.05, 4.69) is 6.92 Å². The number of carboxylic acids is 1. The highest BCUT2D eigenvalue weighted by Gasteiger charge is 2.57. The highest BCUT2D eigenvalue weighted by molar-refractivity contribution is 6.01. The molecule has 0 bridgehead atoms. The fraction of sp³-hybridized carbons (Fsp3) is 0.417. The van der Waals surface area contributed by atoms with Crippen LogP contribution >= 0.6 is 0 Å². The van der Waals surface area contributed by atoms with Crippen LogP contribution in [0.2, 0.25) is 0 Å². The van der Waals surface area contributed by atoms with Gasteiger partial charge in [-0.2, -0.15) is 0 Å². The van der Waals surface area contributed by atoms with Crippen LogP contribution in [-0.2, 0) is 19.7 Å². The van der Waals surface area contributed by atoms with E-state index in [9.17, 15) is 14.7 Å². The highest BCUT2D eigenvalue weighted by atomic mass is 16.5. The monoisotopic (exact) mass is 380 g/mol. The van der Waals surface area contributed by atoms with Crippen molar-refractivity contribution in [2.45, 2.75) is 51.4 Å². The average molecular weight is 380 g/mol. The molecule has 4 nitrogen and oxygen atoms in total. The van der Waals surface area contributed by atoms with Gasteiger partial charge in [-0.15, -0.1) is 0 Å². The van der Waals surface area contributed by atoms with E-state index in [1.807, 2.05) is 48.5 Å². The molecule has 1 unspecified atom stereocenters. The summed E-state index contributed by atoms with van der Waals surface area (Å²) in [6, 6.07) is 15.1. The van der Waals surface area contributed by atoms with Gasteiger partial charge in [-0.3, -0.25) is 9.59 Å². The van der Waals surface area contributed by atoms with Crippen LogP contribution in [0.4, 0.5) is 0 Å². The molecule has 1 N–H and O–H groups in total. The van der Waals surface area contributed by atoms with E-state index in [1.54, 1.807) is 6.92 Å². The maximum Gasteiger partial charge on any atom is 0.319 e. The lowest BCUT2D eigenvalue weighted by molar-refractivity contribution is -0.158. The third kappa shape index (κ3) is 3.21. The number of carbonyl (C=O) groups excluding carboxylic acids is 1. The second-order valence-corrected chi connectivity index (χ2v) is 7.36. The van der Waals surface area contributed by atoms with Crippen molar-refractivity contribution in [3.63, 3.8) is 0 Å². The lowest BCUT2D eigenvalue weighted by atomic mass is 9.66. The topological polar surface area (TPSA) is 63.6 Å². The molecule has 0 aromatic heterocycles. The van der Waals surface area contributed by atoms with Crippen molar-refractivity contribution in [2.24, 2.45) is 5.92 Å². The number of hydrogen-bond donors (Lipinski definition) is 1. The first-order valence-electron chi connectivity index (χ1n) is 10.2. The molecule has 0 saturated heterocycles. The molecule has 0 aliphatic heterocycles. The summed E-state index contributed by atoms with van der Waals surface area (Å²) in [7, 11) is 0. The van der Waals surface area contributed by atoms with Gasteiger partial charge >= 0.3 is 11.9 Å². The molecule has 4 heteroatoms. The molecule has 0 radical (unpaired) electrons. The van der Waals surface area contributed by atoms with Crippen LogP contribution in [0.5, 0.6) is 0 Å². The van der Waals surface area contributed by atoms with Crippen molar-refractivity contribution < 1.29 is 19.4 Å². The van der Waals surface area contributed by atoms with Gasteiger partial charge in [0, 0.05) is 0 Å². The molecule has 0 heterocycles. The highest BCUT2D eigenvalue weighted by Crippen LogP contribution is 2.54. The molecule has 1 atom stereocenters. The first kappa shape index (κ1) is 20.1. The first-order valence-corrected chi connectivity index (χ1v) is 10.2. The van der Waals surface area contributed by atoms with Crippen LogP contribution in [0.15, 0.2) is 48.5 Å². The van der Waals surface area contributed by atoms with Gasteiger partial charge in [-0.05, 0) is 35.6 Å². The maximum atomic E-state index is 13.0. The number of benzene rings is 2. The third-order valence-electron chi connectivity index (χ3n) is 5.77. The molecule has 3 rings (SSSR count). The van der Waals surface area contributed by atoms with Gasteiger partial charge in [0.05, 0.1) is 12.5 Å². The van der Waals surface area contributed by atoms with Crippen LogP contribution in [0.3, 0.4) is 0 Å². The smallest absolute Gasteiger partial charge is 0.319 e. The largest absolute Gasteiger partial charge is 0.480 e. The quantitative estimate of drug-likeness (QED) is 0.480. The van der Waals surface area contributed by atoms with Crippen LogP contribution in [0, 0.1) is 5.92 Å². The number of carboxylic acid groups (broad SMARTS) is 1. The number of ether oxygens (including phenoxy) is 1. The first-order chi connectivity index (χ1) is 13.6. The van der Waals surface area contributed by atoms with Crippen molar-refractivity contribution in [1.29, 1.82) is 0 Å². The summed E-state index contributed by atoms with van der Waals surface area (Å²) in [6.07, 6.45) is 4.43. The van der Waals surface area contributed by atoms with Crippen LogP contribution in [-0.4, -0.2) is 23.7 Å². The summed E-state index contributed by atoms with van der Waals surface area (Å²) in [5.41, 5.74) is 1.76. The average Bonchev–Trinajstić information content (AvgIpc) is 3.00. The van der Waals surface area contributed by atoms with Crippen molar-refractivity contribution in [3.8, 4) is 11.1 Å². The molecule has 1 aliphatic rings. The van der Waals surface area contributed by atoms with Crippen LogP contribution in [0.25, 0.3) is 11.1 Å². The minimum Gasteiger partial charge on any atom is -0.480 e. The fourth-order valence-corrected chi connectivity index (χ4v) is 4.55. The van der Waals surface area contributed by atoms with E-state index in [0.717, 1.165) is 36.8 Å². The Morgan fingerprint density at radius 2 is 1.50 bits per heavy atom.